The van der Waals surface area contributed by atoms with E-state index in [1.807, 2.05) is 43.3 Å². The molecule has 0 fully saturated rings. The molecule has 1 N–H and O–H groups in total. The summed E-state index contributed by atoms with van der Waals surface area (Å²) >= 11 is 0. The van der Waals surface area contributed by atoms with Gasteiger partial charge in [0.2, 0.25) is 0 Å². The fraction of sp³-hybridized carbons (Fsp3) is 0.250. The lowest BCUT2D eigenvalue weighted by molar-refractivity contribution is 0.0963. The minimum atomic E-state index is -0.0854. The van der Waals surface area contributed by atoms with Crippen LogP contribution in [0.2, 0.25) is 0 Å². The number of carbonyl (C=O) groups is 1. The summed E-state index contributed by atoms with van der Waals surface area (Å²) < 4.78 is 1.73. The molecule has 0 bridgehead atoms. The zero-order valence-corrected chi connectivity index (χ0v) is 13.3. The molecule has 7 nitrogen and oxygen atoms in total. The van der Waals surface area contributed by atoms with Crippen LogP contribution < -0.4 is 10.2 Å². The van der Waals surface area contributed by atoms with Gasteiger partial charge in [-0.3, -0.25) is 9.48 Å². The first-order valence-electron chi connectivity index (χ1n) is 7.25. The van der Waals surface area contributed by atoms with E-state index in [1.54, 1.807) is 24.3 Å². The topological polar surface area (TPSA) is 75.9 Å². The Kier molecular flexibility index (Phi) is 3.92. The normalized spacial score (nSPS) is 10.7. The number of aryl methyl sites for hydroxylation is 1. The van der Waals surface area contributed by atoms with Crippen molar-refractivity contribution < 1.29 is 4.79 Å². The number of carbonyl (C=O) groups excluding carboxylic acids is 1. The van der Waals surface area contributed by atoms with Crippen LogP contribution in [0.1, 0.15) is 15.9 Å². The lowest BCUT2D eigenvalue weighted by Gasteiger charge is -2.18. The van der Waals surface area contributed by atoms with Gasteiger partial charge in [-0.25, -0.2) is 9.97 Å². The van der Waals surface area contributed by atoms with Gasteiger partial charge in [0, 0.05) is 33.3 Å². The van der Waals surface area contributed by atoms with Crippen molar-refractivity contribution in [2.75, 3.05) is 19.0 Å². The molecule has 0 unspecified atom stereocenters. The predicted molar refractivity (Wildman–Crippen MR) is 88.2 cm³/mol. The van der Waals surface area contributed by atoms with E-state index in [2.05, 4.69) is 20.4 Å². The molecule has 2 aromatic heterocycles. The van der Waals surface area contributed by atoms with E-state index in [9.17, 15) is 4.79 Å². The Hall–Kier alpha value is -2.96. The molecule has 0 aliphatic heterocycles. The first-order valence-corrected chi connectivity index (χ1v) is 7.25. The predicted octanol–water partition coefficient (Wildman–Crippen LogP) is 1.36. The smallest absolute Gasteiger partial charge is 0.251 e. The fourth-order valence-corrected chi connectivity index (χ4v) is 2.51. The number of hydrogen-bond donors (Lipinski definition) is 1. The minimum absolute atomic E-state index is 0.0854. The van der Waals surface area contributed by atoms with Gasteiger partial charge >= 0.3 is 0 Å². The highest BCUT2D eigenvalue weighted by Crippen LogP contribution is 2.22. The van der Waals surface area contributed by atoms with Crippen LogP contribution in [0, 0.1) is 0 Å². The second-order valence-corrected chi connectivity index (χ2v) is 5.33. The Labute approximate surface area is 134 Å². The van der Waals surface area contributed by atoms with Crippen LogP contribution in [0.4, 0.5) is 5.82 Å². The molecule has 0 saturated carbocycles. The number of nitrogens with one attached hydrogen (secondary N) is 1. The first kappa shape index (κ1) is 15.0. The summed E-state index contributed by atoms with van der Waals surface area (Å²) in [4.78, 5) is 22.2. The molecule has 7 heteroatoms. The highest BCUT2D eigenvalue weighted by Gasteiger charge is 2.12. The summed E-state index contributed by atoms with van der Waals surface area (Å²) in [6, 6.07) is 7.54. The molecule has 118 valence electrons. The van der Waals surface area contributed by atoms with Crippen molar-refractivity contribution in [2.45, 2.75) is 6.54 Å². The molecule has 0 aliphatic rings. The molecule has 23 heavy (non-hydrogen) atoms. The minimum Gasteiger partial charge on any atom is -0.355 e. The molecule has 2 heterocycles. The average Bonchev–Trinajstić information content (AvgIpc) is 2.96. The van der Waals surface area contributed by atoms with Gasteiger partial charge in [-0.05, 0) is 17.7 Å². The lowest BCUT2D eigenvalue weighted by atomic mass is 10.1. The van der Waals surface area contributed by atoms with Crippen molar-refractivity contribution in [3.05, 3.63) is 47.9 Å². The third-order valence-corrected chi connectivity index (χ3v) is 3.73. The number of anilines is 1. The van der Waals surface area contributed by atoms with Gasteiger partial charge in [-0.2, -0.15) is 5.10 Å². The van der Waals surface area contributed by atoms with Crippen LogP contribution in [-0.2, 0) is 13.6 Å². The fourth-order valence-electron chi connectivity index (χ4n) is 2.51. The van der Waals surface area contributed by atoms with Crippen molar-refractivity contribution in [1.82, 2.24) is 25.1 Å². The maximum Gasteiger partial charge on any atom is 0.251 e. The van der Waals surface area contributed by atoms with Gasteiger partial charge in [0.15, 0.2) is 5.65 Å². The summed E-state index contributed by atoms with van der Waals surface area (Å²) in [6.45, 7) is 0.676. The standard InChI is InChI=1S/C16H18N6O/c1-17-16(23)12-6-4-11(5-7-12)9-21(2)14-13-8-20-22(3)15(13)19-10-18-14/h4-8,10H,9H2,1-3H3,(H,17,23). The van der Waals surface area contributed by atoms with Gasteiger partial charge in [-0.15, -0.1) is 0 Å². The summed E-state index contributed by atoms with van der Waals surface area (Å²) in [6.07, 6.45) is 3.32. The van der Waals surface area contributed by atoms with Crippen molar-refractivity contribution >= 4 is 22.8 Å². The third kappa shape index (κ3) is 2.85. The van der Waals surface area contributed by atoms with Gasteiger partial charge in [0.25, 0.3) is 5.91 Å². The number of hydrogen-bond acceptors (Lipinski definition) is 5. The molecule has 0 aliphatic carbocycles. The Bertz CT molecular complexity index is 839. The molecule has 0 radical (unpaired) electrons. The molecule has 3 aromatic rings. The van der Waals surface area contributed by atoms with Crippen molar-refractivity contribution in [2.24, 2.45) is 7.05 Å². The van der Waals surface area contributed by atoms with E-state index in [0.29, 0.717) is 12.1 Å². The zero-order valence-electron chi connectivity index (χ0n) is 13.3. The van der Waals surface area contributed by atoms with E-state index in [4.69, 9.17) is 0 Å². The van der Waals surface area contributed by atoms with Gasteiger partial charge in [0.1, 0.15) is 12.1 Å². The molecule has 0 atom stereocenters. The van der Waals surface area contributed by atoms with Crippen molar-refractivity contribution in [3.8, 4) is 0 Å². The van der Waals surface area contributed by atoms with Crippen LogP contribution in [0.3, 0.4) is 0 Å². The van der Waals surface area contributed by atoms with Crippen LogP contribution in [0.25, 0.3) is 11.0 Å². The lowest BCUT2D eigenvalue weighted by Crippen LogP contribution is -2.19. The largest absolute Gasteiger partial charge is 0.355 e. The second kappa shape index (κ2) is 6.04. The van der Waals surface area contributed by atoms with E-state index in [-0.39, 0.29) is 5.91 Å². The van der Waals surface area contributed by atoms with Gasteiger partial charge in [-0.1, -0.05) is 12.1 Å². The van der Waals surface area contributed by atoms with Crippen molar-refractivity contribution in [3.63, 3.8) is 0 Å². The van der Waals surface area contributed by atoms with Crippen LogP contribution in [-0.4, -0.2) is 39.8 Å². The number of aromatic nitrogens is 4. The second-order valence-electron chi connectivity index (χ2n) is 5.33. The first-order chi connectivity index (χ1) is 11.1. The van der Waals surface area contributed by atoms with Gasteiger partial charge < -0.3 is 10.2 Å². The monoisotopic (exact) mass is 310 g/mol. The Morgan fingerprint density at radius 3 is 2.70 bits per heavy atom. The molecular formula is C16H18N6O. The van der Waals surface area contributed by atoms with Crippen molar-refractivity contribution in [1.29, 1.82) is 0 Å². The number of fused-ring (bicyclic) bond motifs is 1. The van der Waals surface area contributed by atoms with E-state index < -0.39 is 0 Å². The highest BCUT2D eigenvalue weighted by atomic mass is 16.1. The summed E-state index contributed by atoms with van der Waals surface area (Å²) in [5.41, 5.74) is 2.54. The van der Waals surface area contributed by atoms with Crippen LogP contribution >= 0.6 is 0 Å². The zero-order chi connectivity index (χ0) is 16.4. The summed E-state index contributed by atoms with van der Waals surface area (Å²) in [7, 11) is 5.45. The molecule has 0 spiro atoms. The number of nitrogens with zero attached hydrogens (tertiary/aromatic N) is 5. The molecule has 3 rings (SSSR count). The maximum absolute atomic E-state index is 11.6. The Balaban J connectivity index is 1.83. The summed E-state index contributed by atoms with van der Waals surface area (Å²) in [5, 5.41) is 7.76. The number of rotatable bonds is 4. The number of amides is 1. The molecular weight excluding hydrogens is 292 g/mol. The quantitative estimate of drug-likeness (QED) is 0.787. The third-order valence-electron chi connectivity index (χ3n) is 3.73. The van der Waals surface area contributed by atoms with Gasteiger partial charge in [0.05, 0.1) is 11.6 Å². The summed E-state index contributed by atoms with van der Waals surface area (Å²) in [5.74, 6) is 0.747. The van der Waals surface area contributed by atoms with E-state index in [0.717, 1.165) is 22.4 Å². The van der Waals surface area contributed by atoms with Crippen LogP contribution in [0.5, 0.6) is 0 Å². The van der Waals surface area contributed by atoms with E-state index in [1.165, 1.54) is 0 Å². The van der Waals surface area contributed by atoms with E-state index >= 15 is 0 Å². The Morgan fingerprint density at radius 1 is 1.26 bits per heavy atom. The molecule has 0 saturated heterocycles. The maximum atomic E-state index is 11.6. The van der Waals surface area contributed by atoms with Crippen LogP contribution in [0.15, 0.2) is 36.8 Å². The molecule has 1 aromatic carbocycles. The average molecular weight is 310 g/mol. The highest BCUT2D eigenvalue weighted by molar-refractivity contribution is 5.94. The molecule has 1 amide bonds. The Morgan fingerprint density at radius 2 is 2.00 bits per heavy atom. The number of benzene rings is 1. The SMILES string of the molecule is CNC(=O)c1ccc(CN(C)c2ncnc3c2cnn3C)cc1.